The number of nitro groups is 2. The highest BCUT2D eigenvalue weighted by molar-refractivity contribution is 5.57. The number of ether oxygens (including phenoxy) is 2. The Hall–Kier alpha value is -4.34. The van der Waals surface area contributed by atoms with Gasteiger partial charge in [-0.2, -0.15) is 0 Å². The van der Waals surface area contributed by atoms with E-state index in [2.05, 4.69) is 0 Å². The van der Waals surface area contributed by atoms with Crippen molar-refractivity contribution in [1.29, 1.82) is 0 Å². The van der Waals surface area contributed by atoms with Gasteiger partial charge in [0.05, 0.1) is 22.0 Å². The molecule has 0 atom stereocenters. The molecular weight excluding hydrogens is 408 g/mol. The number of aryl methyl sites for hydroxylation is 1. The minimum absolute atomic E-state index is 0.175. The van der Waals surface area contributed by atoms with Gasteiger partial charge in [-0.05, 0) is 67.8 Å². The Balaban J connectivity index is 1.95. The zero-order valence-corrected chi connectivity index (χ0v) is 16.8. The number of nitrogens with zero attached hydrogens (tertiary/aromatic N) is 2. The van der Waals surface area contributed by atoms with E-state index in [1.165, 1.54) is 24.3 Å². The SMILES string of the molecule is Cc1cc(Oc2ccc(O)c([N+](=O)[O-])c2)c(C)c(C)c1Oc1ccc(O)c([N+](=O)[O-])c1. The first-order chi connectivity index (χ1) is 14.6. The summed E-state index contributed by atoms with van der Waals surface area (Å²) in [6, 6.07) is 9.11. The standard InChI is InChI=1S/C21H18N2O8/c1-11-8-20(30-14-4-6-18(24)16(9-14)22(26)27)12(2)13(3)21(11)31-15-5-7-19(25)17(10-15)23(28)29/h4-10,24-25H,1-3H3. The molecule has 10 heteroatoms. The molecule has 0 aliphatic carbocycles. The fraction of sp³-hybridized carbons (Fsp3) is 0.143. The quantitative estimate of drug-likeness (QED) is 0.392. The first-order valence-electron chi connectivity index (χ1n) is 8.99. The lowest BCUT2D eigenvalue weighted by atomic mass is 10.0. The highest BCUT2D eigenvalue weighted by Crippen LogP contribution is 2.40. The summed E-state index contributed by atoms with van der Waals surface area (Å²) in [7, 11) is 0. The molecule has 0 saturated heterocycles. The maximum absolute atomic E-state index is 11.0. The zero-order chi connectivity index (χ0) is 22.9. The van der Waals surface area contributed by atoms with Crippen LogP contribution < -0.4 is 9.47 Å². The summed E-state index contributed by atoms with van der Waals surface area (Å²) in [6.07, 6.45) is 0. The monoisotopic (exact) mass is 426 g/mol. The Morgan fingerprint density at radius 1 is 0.742 bits per heavy atom. The molecule has 0 saturated carbocycles. The first-order valence-corrected chi connectivity index (χ1v) is 8.99. The highest BCUT2D eigenvalue weighted by atomic mass is 16.6. The first kappa shape index (κ1) is 21.4. The number of nitro benzene ring substituents is 2. The van der Waals surface area contributed by atoms with Crippen molar-refractivity contribution >= 4 is 11.4 Å². The molecule has 0 unspecified atom stereocenters. The molecule has 0 heterocycles. The number of rotatable bonds is 6. The van der Waals surface area contributed by atoms with Gasteiger partial charge in [0.1, 0.15) is 23.0 Å². The molecule has 0 fully saturated rings. The van der Waals surface area contributed by atoms with Crippen LogP contribution in [0.3, 0.4) is 0 Å². The molecule has 0 radical (unpaired) electrons. The van der Waals surface area contributed by atoms with Gasteiger partial charge in [-0.1, -0.05) is 0 Å². The normalized spacial score (nSPS) is 10.5. The van der Waals surface area contributed by atoms with Crippen molar-refractivity contribution in [3.05, 3.63) is 79.4 Å². The van der Waals surface area contributed by atoms with E-state index < -0.39 is 32.7 Å². The fourth-order valence-corrected chi connectivity index (χ4v) is 2.96. The molecular formula is C21H18N2O8. The number of hydrogen-bond donors (Lipinski definition) is 2. The molecule has 3 aromatic carbocycles. The average Bonchev–Trinajstić information content (AvgIpc) is 2.71. The van der Waals surface area contributed by atoms with Crippen molar-refractivity contribution in [2.24, 2.45) is 0 Å². The second-order valence-corrected chi connectivity index (χ2v) is 6.79. The molecule has 0 bridgehead atoms. The molecule has 3 aromatic rings. The van der Waals surface area contributed by atoms with E-state index in [4.69, 9.17) is 9.47 Å². The molecule has 0 aliphatic rings. The Morgan fingerprint density at radius 2 is 1.23 bits per heavy atom. The summed E-state index contributed by atoms with van der Waals surface area (Å²) >= 11 is 0. The van der Waals surface area contributed by atoms with Crippen molar-refractivity contribution in [3.8, 4) is 34.5 Å². The van der Waals surface area contributed by atoms with E-state index in [1.54, 1.807) is 26.8 Å². The molecule has 3 rings (SSSR count). The average molecular weight is 426 g/mol. The highest BCUT2D eigenvalue weighted by Gasteiger charge is 2.19. The maximum Gasteiger partial charge on any atom is 0.314 e. The van der Waals surface area contributed by atoms with Crippen LogP contribution in [0.2, 0.25) is 0 Å². The number of phenolic OH excluding ortho intramolecular Hbond substituents is 2. The van der Waals surface area contributed by atoms with Gasteiger partial charge in [-0.3, -0.25) is 20.2 Å². The van der Waals surface area contributed by atoms with Gasteiger partial charge in [0, 0.05) is 0 Å². The van der Waals surface area contributed by atoms with E-state index in [0.717, 1.165) is 12.1 Å². The Labute approximate surface area is 176 Å². The van der Waals surface area contributed by atoms with Crippen molar-refractivity contribution in [2.45, 2.75) is 20.8 Å². The molecule has 2 N–H and O–H groups in total. The number of phenols is 2. The number of aromatic hydroxyl groups is 2. The summed E-state index contributed by atoms with van der Waals surface area (Å²) < 4.78 is 11.6. The number of benzene rings is 3. The van der Waals surface area contributed by atoms with Crippen LogP contribution in [0.25, 0.3) is 0 Å². The van der Waals surface area contributed by atoms with E-state index in [1.807, 2.05) is 0 Å². The number of hydrogen-bond acceptors (Lipinski definition) is 8. The summed E-state index contributed by atoms with van der Waals surface area (Å²) in [5.41, 5.74) is 1.08. The van der Waals surface area contributed by atoms with Crippen LogP contribution >= 0.6 is 0 Å². The largest absolute Gasteiger partial charge is 0.502 e. The topological polar surface area (TPSA) is 145 Å². The van der Waals surface area contributed by atoms with E-state index in [9.17, 15) is 30.4 Å². The molecule has 0 amide bonds. The third-order valence-electron chi connectivity index (χ3n) is 4.71. The third kappa shape index (κ3) is 4.32. The molecule has 0 spiro atoms. The van der Waals surface area contributed by atoms with Crippen LogP contribution in [-0.2, 0) is 0 Å². The Morgan fingerprint density at radius 3 is 1.71 bits per heavy atom. The van der Waals surface area contributed by atoms with Gasteiger partial charge in [0.2, 0.25) is 0 Å². The van der Waals surface area contributed by atoms with E-state index in [-0.39, 0.29) is 11.5 Å². The second-order valence-electron chi connectivity index (χ2n) is 6.79. The van der Waals surface area contributed by atoms with E-state index in [0.29, 0.717) is 28.2 Å². The smallest absolute Gasteiger partial charge is 0.314 e. The second kappa shape index (κ2) is 8.19. The van der Waals surface area contributed by atoms with Gasteiger partial charge < -0.3 is 19.7 Å². The summed E-state index contributed by atoms with van der Waals surface area (Å²) in [4.78, 5) is 20.6. The predicted molar refractivity (Wildman–Crippen MR) is 110 cm³/mol. The minimum atomic E-state index is -0.709. The van der Waals surface area contributed by atoms with Gasteiger partial charge >= 0.3 is 11.4 Å². The van der Waals surface area contributed by atoms with Crippen LogP contribution in [-0.4, -0.2) is 20.1 Å². The van der Waals surface area contributed by atoms with Gasteiger partial charge in [-0.25, -0.2) is 0 Å². The van der Waals surface area contributed by atoms with Crippen LogP contribution in [0, 0.1) is 41.0 Å². The molecule has 160 valence electrons. The van der Waals surface area contributed by atoms with Gasteiger partial charge in [-0.15, -0.1) is 0 Å². The molecule has 10 nitrogen and oxygen atoms in total. The summed E-state index contributed by atoms with van der Waals surface area (Å²) in [5.74, 6) is 0.314. The lowest BCUT2D eigenvalue weighted by Gasteiger charge is -2.17. The lowest BCUT2D eigenvalue weighted by molar-refractivity contribution is -0.386. The molecule has 0 aromatic heterocycles. The van der Waals surface area contributed by atoms with Gasteiger partial charge in [0.25, 0.3) is 0 Å². The van der Waals surface area contributed by atoms with Gasteiger partial charge in [0.15, 0.2) is 11.5 Å². The van der Waals surface area contributed by atoms with Crippen molar-refractivity contribution < 1.29 is 29.5 Å². The summed E-state index contributed by atoms with van der Waals surface area (Å²) in [6.45, 7) is 5.30. The van der Waals surface area contributed by atoms with Crippen molar-refractivity contribution in [1.82, 2.24) is 0 Å². The van der Waals surface area contributed by atoms with E-state index >= 15 is 0 Å². The fourth-order valence-electron chi connectivity index (χ4n) is 2.96. The Kier molecular flexibility index (Phi) is 5.64. The van der Waals surface area contributed by atoms with Crippen LogP contribution in [0.4, 0.5) is 11.4 Å². The van der Waals surface area contributed by atoms with Crippen molar-refractivity contribution in [3.63, 3.8) is 0 Å². The lowest BCUT2D eigenvalue weighted by Crippen LogP contribution is -1.98. The maximum atomic E-state index is 11.0. The van der Waals surface area contributed by atoms with Crippen LogP contribution in [0.1, 0.15) is 16.7 Å². The molecule has 0 aliphatic heterocycles. The Bertz CT molecular complexity index is 1210. The molecule has 31 heavy (non-hydrogen) atoms. The van der Waals surface area contributed by atoms with Crippen LogP contribution in [0.5, 0.6) is 34.5 Å². The minimum Gasteiger partial charge on any atom is -0.502 e. The summed E-state index contributed by atoms with van der Waals surface area (Å²) in [5, 5.41) is 41.2. The van der Waals surface area contributed by atoms with Crippen LogP contribution in [0.15, 0.2) is 42.5 Å². The third-order valence-corrected chi connectivity index (χ3v) is 4.71. The predicted octanol–water partition coefficient (Wildman–Crippen LogP) is 5.42. The zero-order valence-electron chi connectivity index (χ0n) is 16.8. The van der Waals surface area contributed by atoms with Crippen molar-refractivity contribution in [2.75, 3.05) is 0 Å².